The average Bonchev–Trinajstić information content (AvgIpc) is 2.70. The lowest BCUT2D eigenvalue weighted by atomic mass is 10.0. The van der Waals surface area contributed by atoms with Gasteiger partial charge in [-0.3, -0.25) is 9.69 Å². The van der Waals surface area contributed by atoms with Crippen molar-refractivity contribution in [3.63, 3.8) is 0 Å². The topological polar surface area (TPSA) is 60.8 Å². The van der Waals surface area contributed by atoms with E-state index in [1.54, 1.807) is 0 Å². The van der Waals surface area contributed by atoms with Crippen molar-refractivity contribution in [3.05, 3.63) is 42.0 Å². The molecule has 2 N–H and O–H groups in total. The van der Waals surface area contributed by atoms with E-state index in [2.05, 4.69) is 4.90 Å². The lowest BCUT2D eigenvalue weighted by molar-refractivity contribution is -0.138. The summed E-state index contributed by atoms with van der Waals surface area (Å²) < 4.78 is 0. The van der Waals surface area contributed by atoms with Crippen LogP contribution in [0.3, 0.4) is 0 Å². The number of likely N-dealkylation sites (tertiary alicyclic amines) is 1. The summed E-state index contributed by atoms with van der Waals surface area (Å²) in [5.41, 5.74) is 1.14. The number of β-amino-alcohol motifs (C(OH)–C–C–N with tert-alkyl or cyclic N) is 1. The minimum absolute atomic E-state index is 0.0417. The first-order chi connectivity index (χ1) is 9.15. The second kappa shape index (κ2) is 6.50. The summed E-state index contributed by atoms with van der Waals surface area (Å²) >= 11 is 0. The smallest absolute Gasteiger partial charge is 0.303 e. The van der Waals surface area contributed by atoms with Gasteiger partial charge in [0.15, 0.2) is 0 Å². The SMILES string of the molecule is O=C(O)C[C@@H]1CN(CC=Cc2ccccc2)C[C@H]1O. The number of carboxylic acid groups (broad SMARTS) is 1. The Kier molecular flexibility index (Phi) is 4.71. The Labute approximate surface area is 113 Å². The van der Waals surface area contributed by atoms with Crippen molar-refractivity contribution in [2.75, 3.05) is 19.6 Å². The van der Waals surface area contributed by atoms with Gasteiger partial charge in [0.25, 0.3) is 0 Å². The first-order valence-electron chi connectivity index (χ1n) is 6.49. The molecular weight excluding hydrogens is 242 g/mol. The van der Waals surface area contributed by atoms with Gasteiger partial charge in [-0.15, -0.1) is 0 Å². The predicted octanol–water partition coefficient (Wildman–Crippen LogP) is 1.47. The van der Waals surface area contributed by atoms with Crippen molar-refractivity contribution < 1.29 is 15.0 Å². The van der Waals surface area contributed by atoms with Crippen molar-refractivity contribution >= 4 is 12.0 Å². The van der Waals surface area contributed by atoms with Crippen LogP contribution in [-0.4, -0.2) is 46.8 Å². The molecule has 0 saturated carbocycles. The van der Waals surface area contributed by atoms with Crippen LogP contribution >= 0.6 is 0 Å². The molecule has 1 heterocycles. The molecule has 2 atom stereocenters. The molecular formula is C15H19NO3. The van der Waals surface area contributed by atoms with E-state index >= 15 is 0 Å². The summed E-state index contributed by atoms with van der Waals surface area (Å²) in [7, 11) is 0. The number of benzene rings is 1. The fourth-order valence-corrected chi connectivity index (χ4v) is 2.42. The van der Waals surface area contributed by atoms with Crippen LogP contribution in [0.4, 0.5) is 0 Å². The number of hydrogen-bond acceptors (Lipinski definition) is 3. The van der Waals surface area contributed by atoms with Gasteiger partial charge in [0.2, 0.25) is 0 Å². The van der Waals surface area contributed by atoms with Gasteiger partial charge in [-0.2, -0.15) is 0 Å². The van der Waals surface area contributed by atoms with Gasteiger partial charge in [-0.25, -0.2) is 0 Å². The fourth-order valence-electron chi connectivity index (χ4n) is 2.42. The number of carbonyl (C=O) groups is 1. The minimum Gasteiger partial charge on any atom is -0.481 e. The molecule has 0 spiro atoms. The number of rotatable bonds is 5. The third-order valence-electron chi connectivity index (χ3n) is 3.39. The van der Waals surface area contributed by atoms with Gasteiger partial charge < -0.3 is 10.2 Å². The quantitative estimate of drug-likeness (QED) is 0.842. The Balaban J connectivity index is 1.82. The Bertz CT molecular complexity index is 444. The monoisotopic (exact) mass is 261 g/mol. The molecule has 0 unspecified atom stereocenters. The average molecular weight is 261 g/mol. The van der Waals surface area contributed by atoms with Gasteiger partial charge in [0.05, 0.1) is 12.5 Å². The van der Waals surface area contributed by atoms with Crippen molar-refractivity contribution in [2.24, 2.45) is 5.92 Å². The highest BCUT2D eigenvalue weighted by atomic mass is 16.4. The zero-order valence-electron chi connectivity index (χ0n) is 10.8. The first-order valence-corrected chi connectivity index (χ1v) is 6.49. The summed E-state index contributed by atoms with van der Waals surface area (Å²) in [6, 6.07) is 10.0. The third-order valence-corrected chi connectivity index (χ3v) is 3.39. The van der Waals surface area contributed by atoms with E-state index in [-0.39, 0.29) is 12.3 Å². The predicted molar refractivity (Wildman–Crippen MR) is 73.7 cm³/mol. The van der Waals surface area contributed by atoms with Crippen LogP contribution in [0.2, 0.25) is 0 Å². The molecule has 0 amide bonds. The second-order valence-corrected chi connectivity index (χ2v) is 4.96. The first kappa shape index (κ1) is 13.8. The summed E-state index contributed by atoms with van der Waals surface area (Å²) in [5, 5.41) is 18.6. The van der Waals surface area contributed by atoms with Gasteiger partial charge >= 0.3 is 5.97 Å². The molecule has 1 aromatic rings. The summed E-state index contributed by atoms with van der Waals surface area (Å²) in [6.07, 6.45) is 3.60. The molecule has 102 valence electrons. The molecule has 0 aromatic heterocycles. The van der Waals surface area contributed by atoms with E-state index in [1.165, 1.54) is 0 Å². The van der Waals surface area contributed by atoms with Crippen LogP contribution in [0, 0.1) is 5.92 Å². The van der Waals surface area contributed by atoms with Gasteiger partial charge in [0, 0.05) is 25.6 Å². The Morgan fingerprint density at radius 1 is 1.32 bits per heavy atom. The molecule has 4 nitrogen and oxygen atoms in total. The maximum atomic E-state index is 10.7. The number of aliphatic hydroxyl groups excluding tert-OH is 1. The van der Waals surface area contributed by atoms with Gasteiger partial charge in [0.1, 0.15) is 0 Å². The second-order valence-electron chi connectivity index (χ2n) is 4.96. The van der Waals surface area contributed by atoms with E-state index in [0.717, 1.165) is 12.1 Å². The summed E-state index contributed by atoms with van der Waals surface area (Å²) in [6.45, 7) is 1.94. The lowest BCUT2D eigenvalue weighted by Crippen LogP contribution is -2.21. The molecule has 19 heavy (non-hydrogen) atoms. The normalized spacial score (nSPS) is 24.1. The van der Waals surface area contributed by atoms with Crippen LogP contribution in [0.5, 0.6) is 0 Å². The minimum atomic E-state index is -0.842. The largest absolute Gasteiger partial charge is 0.481 e. The molecule has 0 radical (unpaired) electrons. The highest BCUT2D eigenvalue weighted by Crippen LogP contribution is 2.20. The molecule has 2 rings (SSSR count). The Morgan fingerprint density at radius 2 is 2.05 bits per heavy atom. The highest BCUT2D eigenvalue weighted by Gasteiger charge is 2.31. The van der Waals surface area contributed by atoms with Crippen molar-refractivity contribution in [1.29, 1.82) is 0 Å². The van der Waals surface area contributed by atoms with Crippen LogP contribution in [-0.2, 0) is 4.79 Å². The highest BCUT2D eigenvalue weighted by molar-refractivity contribution is 5.67. The Morgan fingerprint density at radius 3 is 2.74 bits per heavy atom. The zero-order chi connectivity index (χ0) is 13.7. The van der Waals surface area contributed by atoms with Crippen LogP contribution in [0.1, 0.15) is 12.0 Å². The van der Waals surface area contributed by atoms with E-state index in [9.17, 15) is 9.90 Å². The molecule has 1 fully saturated rings. The number of carboxylic acids is 1. The lowest BCUT2D eigenvalue weighted by Gasteiger charge is -2.11. The van der Waals surface area contributed by atoms with Crippen molar-refractivity contribution in [3.8, 4) is 0 Å². The van der Waals surface area contributed by atoms with Crippen LogP contribution in [0.25, 0.3) is 6.08 Å². The van der Waals surface area contributed by atoms with Crippen LogP contribution < -0.4 is 0 Å². The fraction of sp³-hybridized carbons (Fsp3) is 0.400. The standard InChI is InChI=1S/C15H19NO3/c17-14-11-16(10-13(14)9-15(18)19)8-4-7-12-5-2-1-3-6-12/h1-7,13-14,17H,8-11H2,(H,18,19)/t13-,14-/m1/s1. The zero-order valence-corrected chi connectivity index (χ0v) is 10.8. The maximum Gasteiger partial charge on any atom is 0.303 e. The van der Waals surface area contributed by atoms with E-state index in [4.69, 9.17) is 5.11 Å². The van der Waals surface area contributed by atoms with E-state index in [1.807, 2.05) is 42.5 Å². The van der Waals surface area contributed by atoms with Gasteiger partial charge in [-0.1, -0.05) is 42.5 Å². The Hall–Kier alpha value is -1.65. The number of aliphatic carboxylic acids is 1. The summed E-state index contributed by atoms with van der Waals surface area (Å²) in [5.74, 6) is -0.992. The molecule has 1 aromatic carbocycles. The van der Waals surface area contributed by atoms with E-state index < -0.39 is 12.1 Å². The van der Waals surface area contributed by atoms with Gasteiger partial charge in [-0.05, 0) is 5.56 Å². The molecule has 1 saturated heterocycles. The molecule has 1 aliphatic rings. The number of hydrogen-bond donors (Lipinski definition) is 2. The molecule has 1 aliphatic heterocycles. The number of aliphatic hydroxyl groups is 1. The van der Waals surface area contributed by atoms with Crippen molar-refractivity contribution in [1.82, 2.24) is 4.90 Å². The van der Waals surface area contributed by atoms with E-state index in [0.29, 0.717) is 13.1 Å². The number of nitrogens with zero attached hydrogens (tertiary/aromatic N) is 1. The third kappa shape index (κ3) is 4.19. The molecule has 4 heteroatoms. The molecule has 0 bridgehead atoms. The van der Waals surface area contributed by atoms with Crippen LogP contribution in [0.15, 0.2) is 36.4 Å². The summed E-state index contributed by atoms with van der Waals surface area (Å²) in [4.78, 5) is 12.7. The maximum absolute atomic E-state index is 10.7. The molecule has 0 aliphatic carbocycles. The van der Waals surface area contributed by atoms with Crippen molar-refractivity contribution in [2.45, 2.75) is 12.5 Å².